The zero-order valence-electron chi connectivity index (χ0n) is 13.9. The van der Waals surface area contributed by atoms with Gasteiger partial charge in [0.2, 0.25) is 6.29 Å². The van der Waals surface area contributed by atoms with Gasteiger partial charge in [0, 0.05) is 18.4 Å². The number of fused-ring (bicyclic) bond motifs is 1. The van der Waals surface area contributed by atoms with E-state index in [2.05, 4.69) is 0 Å². The molecule has 10 heteroatoms. The van der Waals surface area contributed by atoms with Gasteiger partial charge in [-0.25, -0.2) is 4.79 Å². The maximum absolute atomic E-state index is 11.4. The molecule has 3 rings (SSSR count). The molecule has 0 aromatic rings. The SMILES string of the molecule is O=C(O)C1=CO[C@@H](O[C@@H]2O[C@H](CO)[C@@H](O)[C@H](O)[C@H]2O)[C@@H]2[C@H](CO)CC[C@H]12. The van der Waals surface area contributed by atoms with E-state index >= 15 is 0 Å². The van der Waals surface area contributed by atoms with Crippen LogP contribution in [0.4, 0.5) is 0 Å². The molecule has 2 heterocycles. The van der Waals surface area contributed by atoms with E-state index in [-0.39, 0.29) is 24.0 Å². The van der Waals surface area contributed by atoms with Crippen molar-refractivity contribution < 1.29 is 49.6 Å². The first-order valence-corrected chi connectivity index (χ1v) is 8.54. The predicted octanol–water partition coefficient (Wildman–Crippen LogP) is -2.24. The summed E-state index contributed by atoms with van der Waals surface area (Å²) in [6.45, 7) is -0.767. The number of rotatable bonds is 5. The number of carboxylic acids is 1. The number of hydrogen-bond donors (Lipinski definition) is 6. The van der Waals surface area contributed by atoms with Gasteiger partial charge in [0.15, 0.2) is 6.29 Å². The molecule has 0 radical (unpaired) electrons. The van der Waals surface area contributed by atoms with Crippen LogP contribution in [0.1, 0.15) is 12.8 Å². The molecule has 3 aliphatic rings. The minimum Gasteiger partial charge on any atom is -0.478 e. The highest BCUT2D eigenvalue weighted by Gasteiger charge is 2.51. The van der Waals surface area contributed by atoms with Gasteiger partial charge in [0.1, 0.15) is 24.4 Å². The molecule has 0 amide bonds. The molecule has 1 aliphatic carbocycles. The Hall–Kier alpha value is -1.27. The first-order valence-electron chi connectivity index (χ1n) is 8.54. The number of carboxylic acid groups (broad SMARTS) is 1. The smallest absolute Gasteiger partial charge is 0.334 e. The summed E-state index contributed by atoms with van der Waals surface area (Å²) in [5.74, 6) is -2.21. The van der Waals surface area contributed by atoms with Gasteiger partial charge in [-0.3, -0.25) is 0 Å². The zero-order chi connectivity index (χ0) is 19.0. The van der Waals surface area contributed by atoms with Crippen LogP contribution in [0.5, 0.6) is 0 Å². The number of carbonyl (C=O) groups is 1. The molecule has 1 saturated carbocycles. The summed E-state index contributed by atoms with van der Waals surface area (Å²) < 4.78 is 16.4. The summed E-state index contributed by atoms with van der Waals surface area (Å²) in [7, 11) is 0. The molecular weight excluding hydrogens is 352 g/mol. The highest BCUT2D eigenvalue weighted by atomic mass is 16.8. The van der Waals surface area contributed by atoms with Crippen LogP contribution in [0.15, 0.2) is 11.8 Å². The molecule has 0 bridgehead atoms. The second-order valence-electron chi connectivity index (χ2n) is 6.92. The summed E-state index contributed by atoms with van der Waals surface area (Å²) in [4.78, 5) is 11.4. The Morgan fingerprint density at radius 2 is 1.81 bits per heavy atom. The van der Waals surface area contributed by atoms with E-state index in [1.54, 1.807) is 0 Å². The second-order valence-corrected chi connectivity index (χ2v) is 6.92. The minimum atomic E-state index is -1.59. The summed E-state index contributed by atoms with van der Waals surface area (Å²) in [5.41, 5.74) is 0.0969. The normalized spacial score (nSPS) is 45.6. The van der Waals surface area contributed by atoms with Gasteiger partial charge in [-0.15, -0.1) is 0 Å². The van der Waals surface area contributed by atoms with Gasteiger partial charge < -0.3 is 44.8 Å². The number of hydrogen-bond acceptors (Lipinski definition) is 9. The van der Waals surface area contributed by atoms with Crippen LogP contribution in [0, 0.1) is 17.8 Å². The lowest BCUT2D eigenvalue weighted by atomic mass is 9.83. The van der Waals surface area contributed by atoms with Crippen molar-refractivity contribution in [2.24, 2.45) is 17.8 Å². The summed E-state index contributed by atoms with van der Waals surface area (Å²) in [6.07, 6.45) is -5.98. The van der Waals surface area contributed by atoms with Gasteiger partial charge in [-0.2, -0.15) is 0 Å². The quantitative estimate of drug-likeness (QED) is 0.309. The molecule has 9 atom stereocenters. The van der Waals surface area contributed by atoms with Crippen molar-refractivity contribution in [3.05, 3.63) is 11.8 Å². The van der Waals surface area contributed by atoms with Gasteiger partial charge in [0.05, 0.1) is 18.4 Å². The molecule has 2 aliphatic heterocycles. The molecule has 26 heavy (non-hydrogen) atoms. The average molecular weight is 376 g/mol. The van der Waals surface area contributed by atoms with E-state index in [0.29, 0.717) is 12.8 Å². The fraction of sp³-hybridized carbons (Fsp3) is 0.812. The lowest BCUT2D eigenvalue weighted by Gasteiger charge is -2.43. The van der Waals surface area contributed by atoms with Crippen LogP contribution in [0.25, 0.3) is 0 Å². The van der Waals surface area contributed by atoms with Crippen LogP contribution in [0.2, 0.25) is 0 Å². The fourth-order valence-corrected chi connectivity index (χ4v) is 4.06. The first-order chi connectivity index (χ1) is 12.4. The van der Waals surface area contributed by atoms with Crippen LogP contribution >= 0.6 is 0 Å². The lowest BCUT2D eigenvalue weighted by Crippen LogP contribution is -2.60. The maximum atomic E-state index is 11.4. The Balaban J connectivity index is 1.79. The molecule has 0 spiro atoms. The molecule has 1 saturated heterocycles. The monoisotopic (exact) mass is 376 g/mol. The van der Waals surface area contributed by atoms with E-state index in [1.807, 2.05) is 0 Å². The summed E-state index contributed by atoms with van der Waals surface area (Å²) >= 11 is 0. The molecular formula is C16H24O10. The average Bonchev–Trinajstić information content (AvgIpc) is 3.06. The van der Waals surface area contributed by atoms with E-state index in [0.717, 1.165) is 6.26 Å². The van der Waals surface area contributed by atoms with Crippen molar-refractivity contribution in [3.8, 4) is 0 Å². The van der Waals surface area contributed by atoms with Crippen molar-refractivity contribution >= 4 is 5.97 Å². The van der Waals surface area contributed by atoms with E-state index in [9.17, 15) is 35.4 Å². The van der Waals surface area contributed by atoms with Gasteiger partial charge >= 0.3 is 5.97 Å². The molecule has 10 nitrogen and oxygen atoms in total. The minimum absolute atomic E-state index is 0.0969. The Morgan fingerprint density at radius 1 is 1.08 bits per heavy atom. The van der Waals surface area contributed by atoms with Crippen molar-refractivity contribution in [2.45, 2.75) is 49.8 Å². The zero-order valence-corrected chi connectivity index (χ0v) is 13.9. The Morgan fingerprint density at radius 3 is 2.42 bits per heavy atom. The molecule has 6 N–H and O–H groups in total. The highest BCUT2D eigenvalue weighted by molar-refractivity contribution is 5.87. The van der Waals surface area contributed by atoms with Crippen LogP contribution in [-0.2, 0) is 19.0 Å². The van der Waals surface area contributed by atoms with Crippen molar-refractivity contribution in [1.29, 1.82) is 0 Å². The Bertz CT molecular complexity index is 549. The van der Waals surface area contributed by atoms with Crippen LogP contribution in [0.3, 0.4) is 0 Å². The lowest BCUT2D eigenvalue weighted by molar-refractivity contribution is -0.342. The highest BCUT2D eigenvalue weighted by Crippen LogP contribution is 2.47. The van der Waals surface area contributed by atoms with Crippen LogP contribution in [-0.4, -0.2) is 86.8 Å². The maximum Gasteiger partial charge on any atom is 0.334 e. The molecule has 148 valence electrons. The molecule has 2 fully saturated rings. The van der Waals surface area contributed by atoms with Crippen molar-refractivity contribution in [1.82, 2.24) is 0 Å². The molecule has 0 aromatic carbocycles. The Kier molecular flexibility index (Phi) is 5.82. The van der Waals surface area contributed by atoms with E-state index < -0.39 is 55.5 Å². The van der Waals surface area contributed by atoms with Crippen LogP contribution < -0.4 is 0 Å². The van der Waals surface area contributed by atoms with Crippen molar-refractivity contribution in [3.63, 3.8) is 0 Å². The first kappa shape index (κ1) is 19.5. The van der Waals surface area contributed by atoms with Crippen molar-refractivity contribution in [2.75, 3.05) is 13.2 Å². The molecule has 0 unspecified atom stereocenters. The number of ether oxygens (including phenoxy) is 3. The third-order valence-corrected chi connectivity index (χ3v) is 5.50. The number of aliphatic carboxylic acids is 1. The van der Waals surface area contributed by atoms with E-state index in [1.165, 1.54) is 0 Å². The largest absolute Gasteiger partial charge is 0.478 e. The van der Waals surface area contributed by atoms with Gasteiger partial charge in [-0.05, 0) is 18.8 Å². The third-order valence-electron chi connectivity index (χ3n) is 5.50. The summed E-state index contributed by atoms with van der Waals surface area (Å²) in [5, 5.41) is 57.9. The second kappa shape index (κ2) is 7.77. The van der Waals surface area contributed by atoms with Gasteiger partial charge in [0.25, 0.3) is 0 Å². The fourth-order valence-electron chi connectivity index (χ4n) is 4.06. The summed E-state index contributed by atoms with van der Waals surface area (Å²) in [6, 6.07) is 0. The number of aliphatic hydroxyl groups excluding tert-OH is 5. The number of aliphatic hydroxyl groups is 5. The Labute approximate surface area is 149 Å². The van der Waals surface area contributed by atoms with Gasteiger partial charge in [-0.1, -0.05) is 0 Å². The predicted molar refractivity (Wildman–Crippen MR) is 82.2 cm³/mol. The third kappa shape index (κ3) is 3.33. The topological polar surface area (TPSA) is 166 Å². The standard InChI is InChI=1S/C16H24O10/c17-3-6-1-2-7-8(14(22)23)5-24-15(10(6)7)26-16-13(21)12(20)11(19)9(4-18)25-16/h5-7,9-13,15-21H,1-4H2,(H,22,23)/t6-,7+,9+,10+,11+,12-,13+,15-,16-/m0/s1. The van der Waals surface area contributed by atoms with E-state index in [4.69, 9.17) is 14.2 Å². The molecule has 0 aromatic heterocycles.